The maximum atomic E-state index is 12.7. The van der Waals surface area contributed by atoms with Gasteiger partial charge in [0.1, 0.15) is 0 Å². The summed E-state index contributed by atoms with van der Waals surface area (Å²) in [4.78, 5) is 28.2. The van der Waals surface area contributed by atoms with E-state index >= 15 is 0 Å². The van der Waals surface area contributed by atoms with Crippen LogP contribution in [0.5, 0.6) is 0 Å². The second kappa shape index (κ2) is 9.46. The average molecular weight is 435 g/mol. The first-order valence-electron chi connectivity index (χ1n) is 10.8. The molecule has 168 valence electrons. The number of benzene rings is 2. The molecule has 0 atom stereocenters. The summed E-state index contributed by atoms with van der Waals surface area (Å²) in [6.07, 6.45) is 4.66. The molecule has 0 aliphatic rings. The fourth-order valence-electron chi connectivity index (χ4n) is 3.85. The largest absolute Gasteiger partial charge is 0.559 e. The van der Waals surface area contributed by atoms with E-state index in [1.54, 1.807) is 0 Å². The summed E-state index contributed by atoms with van der Waals surface area (Å²) in [5.74, 6) is 0. The van der Waals surface area contributed by atoms with Crippen LogP contribution in [0.4, 0.5) is 4.79 Å². The number of hydrogen-bond donors (Lipinski definition) is 0. The second-order valence-corrected chi connectivity index (χ2v) is 8.53. The topological polar surface area (TPSA) is 51.9 Å². The van der Waals surface area contributed by atoms with Gasteiger partial charge in [-0.15, -0.1) is 0 Å². The van der Waals surface area contributed by atoms with Gasteiger partial charge in [0.25, 0.3) is 0 Å². The summed E-state index contributed by atoms with van der Waals surface area (Å²) in [5.41, 5.74) is 3.92. The Morgan fingerprint density at radius 2 is 1.12 bits per heavy atom. The van der Waals surface area contributed by atoms with Gasteiger partial charge in [0.05, 0.1) is 11.0 Å². The summed E-state index contributed by atoms with van der Waals surface area (Å²) in [6.45, 7) is 1.81. The van der Waals surface area contributed by atoms with E-state index in [9.17, 15) is 4.79 Å². The third kappa shape index (κ3) is 4.79. The molecule has 0 amide bonds. The highest BCUT2D eigenvalue weighted by molar-refractivity contribution is 5.85. The Morgan fingerprint density at radius 1 is 0.719 bits per heavy atom. The van der Waals surface area contributed by atoms with Crippen LogP contribution >= 0.6 is 0 Å². The van der Waals surface area contributed by atoms with Gasteiger partial charge in [-0.25, -0.2) is 0 Å². The van der Waals surface area contributed by atoms with Crippen molar-refractivity contribution in [2.24, 2.45) is 0 Å². The molecule has 0 fully saturated rings. The van der Waals surface area contributed by atoms with Crippen LogP contribution in [-0.2, 0) is 12.8 Å². The van der Waals surface area contributed by atoms with E-state index in [0.29, 0.717) is 0 Å². The fourth-order valence-corrected chi connectivity index (χ4v) is 3.85. The minimum absolute atomic E-state index is 0.787. The quantitative estimate of drug-likeness (QED) is 0.425. The maximum absolute atomic E-state index is 12.7. The Labute approximate surface area is 188 Å². The van der Waals surface area contributed by atoms with E-state index in [0.717, 1.165) is 58.9 Å². The minimum Gasteiger partial charge on any atom is -0.309 e. The monoisotopic (exact) mass is 434 g/mol. The number of carbonyl (C=O) groups excluding carboxylic acids is 1. The van der Waals surface area contributed by atoms with Gasteiger partial charge >= 0.3 is 6.16 Å². The summed E-state index contributed by atoms with van der Waals surface area (Å²) in [6, 6.07) is 15.8. The van der Waals surface area contributed by atoms with Gasteiger partial charge in [0.2, 0.25) is 0 Å². The summed E-state index contributed by atoms with van der Waals surface area (Å²) >= 11 is 0. The molecule has 0 N–H and O–H groups in total. The van der Waals surface area contributed by atoms with Gasteiger partial charge in [-0.2, -0.15) is 14.3 Å². The lowest BCUT2D eigenvalue weighted by Gasteiger charge is -2.08. The fraction of sp³-hybridized carbons (Fsp3) is 0.320. The van der Waals surface area contributed by atoms with Crippen molar-refractivity contribution in [3.8, 4) is 0 Å². The number of likely N-dealkylation sites (N-methyl/N-ethyl adjacent to an activating group) is 2. The molecule has 0 saturated carbocycles. The van der Waals surface area contributed by atoms with E-state index in [-0.39, 0.29) is 0 Å². The van der Waals surface area contributed by atoms with E-state index in [1.165, 1.54) is 9.46 Å². The lowest BCUT2D eigenvalue weighted by molar-refractivity contribution is 0.0478. The zero-order valence-corrected chi connectivity index (χ0v) is 19.1. The summed E-state index contributed by atoms with van der Waals surface area (Å²) in [7, 11) is 8.17. The lowest BCUT2D eigenvalue weighted by Crippen LogP contribution is -2.28. The lowest BCUT2D eigenvalue weighted by atomic mass is 10.1. The Hall–Kier alpha value is -3.29. The molecule has 0 spiro atoms. The minimum atomic E-state index is -0.787. The number of fused-ring (bicyclic) bond motifs is 2. The van der Waals surface area contributed by atoms with Crippen molar-refractivity contribution in [2.45, 2.75) is 12.8 Å². The maximum Gasteiger partial charge on any atom is 0.559 e. The molecule has 0 saturated heterocycles. The highest BCUT2D eigenvalue weighted by Gasteiger charge is 2.16. The van der Waals surface area contributed by atoms with Crippen LogP contribution in [0.25, 0.3) is 21.8 Å². The van der Waals surface area contributed by atoms with E-state index in [2.05, 4.69) is 9.80 Å². The zero-order valence-electron chi connectivity index (χ0n) is 19.1. The van der Waals surface area contributed by atoms with Crippen LogP contribution in [0.1, 0.15) is 11.1 Å². The third-order valence-corrected chi connectivity index (χ3v) is 5.52. The molecular formula is C25H30N4O3. The Balaban J connectivity index is 1.56. The van der Waals surface area contributed by atoms with Crippen LogP contribution in [0.3, 0.4) is 0 Å². The van der Waals surface area contributed by atoms with Crippen molar-refractivity contribution in [3.05, 3.63) is 72.1 Å². The molecule has 0 aliphatic carbocycles. The van der Waals surface area contributed by atoms with Gasteiger partial charge in [-0.05, 0) is 64.3 Å². The average Bonchev–Trinajstić information content (AvgIpc) is 3.29. The SMILES string of the molecule is CN(C)CCc1cn(OC(=O)On2cc(CCN(C)C)c3ccccc32)c2ccccc12. The molecular weight excluding hydrogens is 404 g/mol. The Bertz CT molecular complexity index is 1130. The molecule has 2 aromatic heterocycles. The molecule has 7 heteroatoms. The number of aromatic nitrogens is 2. The number of carbonyl (C=O) groups is 1. The molecule has 32 heavy (non-hydrogen) atoms. The smallest absolute Gasteiger partial charge is 0.309 e. The normalized spacial score (nSPS) is 11.7. The molecule has 0 unspecified atom stereocenters. The van der Waals surface area contributed by atoms with Crippen molar-refractivity contribution >= 4 is 28.0 Å². The van der Waals surface area contributed by atoms with Gasteiger partial charge in [-0.3, -0.25) is 9.68 Å². The van der Waals surface area contributed by atoms with E-state index in [4.69, 9.17) is 9.68 Å². The Morgan fingerprint density at radius 3 is 1.53 bits per heavy atom. The molecule has 7 nitrogen and oxygen atoms in total. The molecule has 2 heterocycles. The van der Waals surface area contributed by atoms with E-state index < -0.39 is 6.16 Å². The van der Waals surface area contributed by atoms with Crippen LogP contribution < -0.4 is 9.68 Å². The van der Waals surface area contributed by atoms with Crippen LogP contribution in [0.15, 0.2) is 60.9 Å². The first kappa shape index (κ1) is 21.9. The second-order valence-electron chi connectivity index (χ2n) is 8.53. The predicted molar refractivity (Wildman–Crippen MR) is 127 cm³/mol. The van der Waals surface area contributed by atoms with Gasteiger partial charge in [0, 0.05) is 36.3 Å². The molecule has 4 aromatic rings. The van der Waals surface area contributed by atoms with Crippen LogP contribution in [0, 0.1) is 0 Å². The number of para-hydroxylation sites is 2. The van der Waals surface area contributed by atoms with Gasteiger partial charge in [0.15, 0.2) is 0 Å². The van der Waals surface area contributed by atoms with E-state index in [1.807, 2.05) is 89.1 Å². The molecule has 0 radical (unpaired) electrons. The summed E-state index contributed by atoms with van der Waals surface area (Å²) in [5, 5.41) is 2.14. The highest BCUT2D eigenvalue weighted by atomic mass is 16.9. The summed E-state index contributed by atoms with van der Waals surface area (Å²) < 4.78 is 3.00. The first-order chi connectivity index (χ1) is 15.4. The van der Waals surface area contributed by atoms with Crippen molar-refractivity contribution in [1.82, 2.24) is 19.3 Å². The number of hydrogen-bond acceptors (Lipinski definition) is 5. The molecule has 4 rings (SSSR count). The van der Waals surface area contributed by atoms with Crippen molar-refractivity contribution in [3.63, 3.8) is 0 Å². The first-order valence-corrected chi connectivity index (χ1v) is 10.8. The Kier molecular flexibility index (Phi) is 6.48. The van der Waals surface area contributed by atoms with Crippen LogP contribution in [-0.4, -0.2) is 66.7 Å². The number of nitrogens with zero attached hydrogens (tertiary/aromatic N) is 4. The predicted octanol–water partition coefficient (Wildman–Crippen LogP) is 3.48. The number of rotatable bonds is 8. The van der Waals surface area contributed by atoms with Gasteiger partial charge < -0.3 is 9.80 Å². The molecule has 0 bridgehead atoms. The highest BCUT2D eigenvalue weighted by Crippen LogP contribution is 2.23. The van der Waals surface area contributed by atoms with Crippen LogP contribution in [0.2, 0.25) is 0 Å². The standard InChI is InChI=1S/C25H30N4O3/c1-26(2)15-13-19-17-28(23-11-7-5-9-21(19)23)31-25(30)32-29-18-20(14-16-27(3)4)22-10-6-8-12-24(22)29/h5-12,17-18H,13-16H2,1-4H3. The van der Waals surface area contributed by atoms with Crippen molar-refractivity contribution in [2.75, 3.05) is 41.3 Å². The molecule has 0 aliphatic heterocycles. The van der Waals surface area contributed by atoms with Gasteiger partial charge in [-0.1, -0.05) is 36.4 Å². The zero-order chi connectivity index (χ0) is 22.7. The van der Waals surface area contributed by atoms with Crippen molar-refractivity contribution < 1.29 is 14.5 Å². The third-order valence-electron chi connectivity index (χ3n) is 5.52. The van der Waals surface area contributed by atoms with Crippen molar-refractivity contribution in [1.29, 1.82) is 0 Å². The molecule has 2 aromatic carbocycles.